The maximum absolute atomic E-state index is 12.1. The average molecular weight is 608 g/mol. The number of hydrogen-bond donors (Lipinski definition) is 4. The Bertz CT molecular complexity index is 1100. The summed E-state index contributed by atoms with van der Waals surface area (Å²) in [4.78, 5) is 23.8. The van der Waals surface area contributed by atoms with Crippen molar-refractivity contribution in [1.82, 2.24) is 24.8 Å². The molecular formula is C18H18ClIN6O3Se. The molecule has 0 bridgehead atoms. The fraction of sp³-hybridized carbons (Fsp3) is 0.333. The Labute approximate surface area is 196 Å². The van der Waals surface area contributed by atoms with Crippen LogP contribution in [0.4, 0.5) is 5.82 Å². The third-order valence-electron chi connectivity index (χ3n) is 4.77. The molecule has 1 aliphatic rings. The number of carbonyl (C=O) groups excluding carboxylic acids is 1. The van der Waals surface area contributed by atoms with Crippen molar-refractivity contribution in [3.05, 3.63) is 45.0 Å². The molecule has 12 heteroatoms. The molecule has 4 rings (SSSR count). The van der Waals surface area contributed by atoms with E-state index in [1.165, 1.54) is 7.05 Å². The number of aliphatic hydroxyl groups is 2. The molecule has 3 heterocycles. The Morgan fingerprint density at radius 2 is 2.13 bits per heavy atom. The molecular weight excluding hydrogens is 590 g/mol. The van der Waals surface area contributed by atoms with E-state index in [2.05, 4.69) is 54.2 Å². The number of carbonyl (C=O) groups is 1. The number of amides is 1. The second-order valence-corrected chi connectivity index (χ2v) is 10.9. The van der Waals surface area contributed by atoms with Gasteiger partial charge in [-0.2, -0.15) is 0 Å². The summed E-state index contributed by atoms with van der Waals surface area (Å²) >= 11 is 7.92. The van der Waals surface area contributed by atoms with Crippen LogP contribution in [0.25, 0.3) is 11.2 Å². The van der Waals surface area contributed by atoms with E-state index in [0.717, 1.165) is 9.13 Å². The van der Waals surface area contributed by atoms with E-state index in [1.807, 2.05) is 18.2 Å². The number of benzene rings is 1. The van der Waals surface area contributed by atoms with Gasteiger partial charge in [-0.05, 0) is 0 Å². The number of imidazole rings is 1. The minimum atomic E-state index is -1.15. The predicted molar refractivity (Wildman–Crippen MR) is 121 cm³/mol. The van der Waals surface area contributed by atoms with Crippen molar-refractivity contribution in [3.8, 4) is 0 Å². The summed E-state index contributed by atoms with van der Waals surface area (Å²) in [6.07, 6.45) is -0.715. The Morgan fingerprint density at radius 1 is 1.33 bits per heavy atom. The zero-order chi connectivity index (χ0) is 21.4. The Kier molecular flexibility index (Phi) is 6.47. The number of halogens is 2. The third-order valence-corrected chi connectivity index (χ3v) is 8.90. The average Bonchev–Trinajstić information content (AvgIpc) is 3.27. The molecule has 158 valence electrons. The molecule has 0 radical (unpaired) electrons. The number of nitrogens with zero attached hydrogens (tertiary/aromatic N) is 4. The van der Waals surface area contributed by atoms with Crippen molar-refractivity contribution >= 4 is 72.0 Å². The fourth-order valence-corrected chi connectivity index (χ4v) is 7.19. The molecule has 4 atom stereocenters. The molecule has 3 aromatic rings. The number of anilines is 1. The van der Waals surface area contributed by atoms with E-state index in [1.54, 1.807) is 10.9 Å². The van der Waals surface area contributed by atoms with E-state index in [9.17, 15) is 15.0 Å². The molecule has 1 amide bonds. The van der Waals surface area contributed by atoms with Crippen LogP contribution in [0.1, 0.15) is 10.5 Å². The Hall–Kier alpha value is -1.50. The van der Waals surface area contributed by atoms with Crippen molar-refractivity contribution in [2.24, 2.45) is 0 Å². The Morgan fingerprint density at radius 3 is 2.87 bits per heavy atom. The summed E-state index contributed by atoms with van der Waals surface area (Å²) in [7, 11) is 1.51. The summed E-state index contributed by atoms with van der Waals surface area (Å²) in [5, 5.41) is 26.9. The zero-order valence-electron chi connectivity index (χ0n) is 15.7. The monoisotopic (exact) mass is 608 g/mol. The van der Waals surface area contributed by atoms with Crippen LogP contribution in [0, 0.1) is 3.57 Å². The van der Waals surface area contributed by atoms with Gasteiger partial charge in [-0.25, -0.2) is 0 Å². The SMILES string of the molecule is CNC(=O)[C@H]1[Se][C@@H](n2cnc3nc(Cl)nc(NCc4cccc(I)c4)c32)[C@H](O)[C@@H]1O. The molecule has 1 aromatic carbocycles. The van der Waals surface area contributed by atoms with Crippen LogP contribution in [-0.2, 0) is 11.3 Å². The molecule has 0 unspecified atom stereocenters. The normalized spacial score (nSPS) is 23.6. The molecule has 1 saturated heterocycles. The molecule has 1 aliphatic heterocycles. The number of rotatable bonds is 5. The van der Waals surface area contributed by atoms with Crippen molar-refractivity contribution in [1.29, 1.82) is 0 Å². The van der Waals surface area contributed by atoms with Crippen molar-refractivity contribution in [2.45, 2.75) is 28.5 Å². The van der Waals surface area contributed by atoms with Crippen LogP contribution >= 0.6 is 34.2 Å². The van der Waals surface area contributed by atoms with Gasteiger partial charge in [0.05, 0.1) is 0 Å². The number of aliphatic hydroxyl groups excluding tert-OH is 2. The third kappa shape index (κ3) is 4.14. The van der Waals surface area contributed by atoms with Gasteiger partial charge in [-0.3, -0.25) is 0 Å². The molecule has 0 aliphatic carbocycles. The first-order chi connectivity index (χ1) is 14.4. The predicted octanol–water partition coefficient (Wildman–Crippen LogP) is 1.17. The summed E-state index contributed by atoms with van der Waals surface area (Å²) in [6.45, 7) is 0.506. The standard InChI is InChI=1S/C18H18ClIN6O3Se/c1-21-16(29)13-11(27)12(28)17(30-13)26-7-23-15-10(26)14(24-18(19)25-15)22-6-8-3-2-4-9(20)5-8/h2-5,7,11-13,17,27-28H,6H2,1H3,(H,21,29)(H,22,24,25)/t11-,12+,13-,17+/m0/s1. The van der Waals surface area contributed by atoms with Crippen LogP contribution in [0.5, 0.6) is 0 Å². The zero-order valence-corrected chi connectivity index (χ0v) is 20.3. The van der Waals surface area contributed by atoms with Crippen LogP contribution in [0.2, 0.25) is 10.1 Å². The van der Waals surface area contributed by atoms with E-state index in [-0.39, 0.29) is 11.2 Å². The molecule has 0 spiro atoms. The van der Waals surface area contributed by atoms with Gasteiger partial charge in [0.25, 0.3) is 0 Å². The number of fused-ring (bicyclic) bond motifs is 1. The molecule has 4 N–H and O–H groups in total. The first-order valence-corrected chi connectivity index (χ1v) is 12.4. The van der Waals surface area contributed by atoms with E-state index >= 15 is 0 Å². The van der Waals surface area contributed by atoms with Crippen LogP contribution < -0.4 is 10.6 Å². The van der Waals surface area contributed by atoms with Gasteiger partial charge in [-0.1, -0.05) is 0 Å². The second-order valence-electron chi connectivity index (χ2n) is 6.69. The molecule has 9 nitrogen and oxygen atoms in total. The van der Waals surface area contributed by atoms with Gasteiger partial charge >= 0.3 is 198 Å². The van der Waals surface area contributed by atoms with Gasteiger partial charge in [0.2, 0.25) is 0 Å². The number of hydrogen-bond acceptors (Lipinski definition) is 7. The minimum absolute atomic E-state index is 0.0543. The maximum atomic E-state index is 12.1. The number of aromatic nitrogens is 4. The number of nitrogens with one attached hydrogen (secondary N) is 2. The van der Waals surface area contributed by atoms with E-state index in [0.29, 0.717) is 23.5 Å². The quantitative estimate of drug-likeness (QED) is 0.195. The van der Waals surface area contributed by atoms with Gasteiger partial charge in [0, 0.05) is 0 Å². The van der Waals surface area contributed by atoms with Crippen molar-refractivity contribution in [3.63, 3.8) is 0 Å². The molecule has 2 aromatic heterocycles. The van der Waals surface area contributed by atoms with Crippen molar-refractivity contribution < 1.29 is 15.0 Å². The van der Waals surface area contributed by atoms with Gasteiger partial charge in [-0.15, -0.1) is 0 Å². The van der Waals surface area contributed by atoms with E-state index in [4.69, 9.17) is 11.6 Å². The van der Waals surface area contributed by atoms with Crippen LogP contribution in [0.15, 0.2) is 30.6 Å². The van der Waals surface area contributed by atoms with Crippen LogP contribution in [0.3, 0.4) is 0 Å². The summed E-state index contributed by atoms with van der Waals surface area (Å²) < 4.78 is 2.85. The van der Waals surface area contributed by atoms with Crippen molar-refractivity contribution in [2.75, 3.05) is 12.4 Å². The summed E-state index contributed by atoms with van der Waals surface area (Å²) in [5.41, 5.74) is 2.01. The van der Waals surface area contributed by atoms with Gasteiger partial charge < -0.3 is 0 Å². The topological polar surface area (TPSA) is 125 Å². The molecule has 1 fully saturated rings. The fourth-order valence-electron chi connectivity index (χ4n) is 3.32. The molecule has 30 heavy (non-hydrogen) atoms. The second kappa shape index (κ2) is 8.93. The van der Waals surface area contributed by atoms with Crippen LogP contribution in [-0.4, -0.2) is 69.9 Å². The van der Waals surface area contributed by atoms with Gasteiger partial charge in [0.1, 0.15) is 0 Å². The molecule has 0 saturated carbocycles. The summed E-state index contributed by atoms with van der Waals surface area (Å²) in [6, 6.07) is 8.04. The Balaban J connectivity index is 1.69. The van der Waals surface area contributed by atoms with Gasteiger partial charge in [0.15, 0.2) is 0 Å². The first kappa shape index (κ1) is 21.7. The summed E-state index contributed by atoms with van der Waals surface area (Å²) in [5.74, 6) is 0.187. The first-order valence-electron chi connectivity index (χ1n) is 9.00. The van der Waals surface area contributed by atoms with E-state index < -0.39 is 36.9 Å².